The smallest absolute Gasteiger partial charge is 0.307 e. The van der Waals surface area contributed by atoms with Crippen LogP contribution in [-0.4, -0.2) is 23.2 Å². The second kappa shape index (κ2) is 7.32. The molecule has 7 heteroatoms. The molecular weight excluding hydrogens is 578 g/mol. The first-order valence-electron chi connectivity index (χ1n) is 16.1. The maximum atomic E-state index is 4.61. The minimum Gasteiger partial charge on any atom is -0.307 e. The third-order valence-corrected chi connectivity index (χ3v) is 11.0. The van der Waals surface area contributed by atoms with Crippen molar-refractivity contribution < 1.29 is 9.25 Å². The number of hydrogen-bond acceptors (Lipinski definition) is 1. The van der Waals surface area contributed by atoms with E-state index in [2.05, 4.69) is 160 Å². The van der Waals surface area contributed by atoms with Gasteiger partial charge in [0.1, 0.15) is 28.0 Å². The minimum absolute atomic E-state index is 0.668. The zero-order valence-corrected chi connectivity index (χ0v) is 24.9. The Morgan fingerprint density at radius 1 is 0.617 bits per heavy atom. The molecule has 6 aromatic heterocycles. The highest BCUT2D eigenvalue weighted by molar-refractivity contribution is 6.16. The Labute approximate surface area is 266 Å². The molecule has 0 aliphatic carbocycles. The van der Waals surface area contributed by atoms with Crippen molar-refractivity contribution in [3.05, 3.63) is 151 Å². The van der Waals surface area contributed by atoms with Crippen molar-refractivity contribution >= 4 is 49.3 Å². The van der Waals surface area contributed by atoms with Gasteiger partial charge in [-0.1, -0.05) is 41.1 Å². The number of para-hydroxylation sites is 2. The summed E-state index contributed by atoms with van der Waals surface area (Å²) in [6, 6.07) is 40.0. The van der Waals surface area contributed by atoms with Gasteiger partial charge in [-0.2, -0.15) is 9.13 Å². The lowest BCUT2D eigenvalue weighted by molar-refractivity contribution is -0.993. The lowest BCUT2D eigenvalue weighted by Crippen LogP contribution is -2.76. The predicted octanol–water partition coefficient (Wildman–Crippen LogP) is 6.80. The standard InChI is InChI=1S/C40H23N7/c1-3-10-30-25(8-1)27-13-15-32-36-38(27)46(30)33-16-14-28-26-9-2-4-11-31(26)47-35-12-5-6-21-43(35)40(36,37(33)39(28)47)45-23-24(22-44(32)45)29-17-18-34-41-19-7-20-42(29)34/h1-23H/q+2. The maximum Gasteiger partial charge on any atom is 0.394 e. The topological polar surface area (TPSA) is 39.9 Å². The zero-order valence-electron chi connectivity index (χ0n) is 24.9. The molecule has 9 heterocycles. The van der Waals surface area contributed by atoms with Crippen LogP contribution in [0.2, 0.25) is 0 Å². The van der Waals surface area contributed by atoms with E-state index in [1.165, 1.54) is 66.1 Å². The van der Waals surface area contributed by atoms with Crippen molar-refractivity contribution in [3.8, 4) is 28.5 Å². The van der Waals surface area contributed by atoms with Crippen LogP contribution in [0.15, 0.2) is 140 Å². The molecule has 0 saturated carbocycles. The van der Waals surface area contributed by atoms with Crippen LogP contribution in [0.5, 0.6) is 0 Å². The summed E-state index contributed by atoms with van der Waals surface area (Å²) in [6.45, 7) is 0. The van der Waals surface area contributed by atoms with Gasteiger partial charge in [0, 0.05) is 40.0 Å². The van der Waals surface area contributed by atoms with Gasteiger partial charge < -0.3 is 8.97 Å². The van der Waals surface area contributed by atoms with Crippen LogP contribution in [0.4, 0.5) is 0 Å². The highest BCUT2D eigenvalue weighted by atomic mass is 15.5. The van der Waals surface area contributed by atoms with Crippen molar-refractivity contribution in [1.29, 1.82) is 0 Å². The maximum absolute atomic E-state index is 4.61. The lowest BCUT2D eigenvalue weighted by Gasteiger charge is -2.33. The Balaban J connectivity index is 1.31. The monoisotopic (exact) mass is 601 g/mol. The Bertz CT molecular complexity index is 3090. The molecule has 3 aliphatic heterocycles. The van der Waals surface area contributed by atoms with Crippen molar-refractivity contribution in [2.45, 2.75) is 5.66 Å². The van der Waals surface area contributed by atoms with Gasteiger partial charge in [-0.15, -0.1) is 4.68 Å². The summed E-state index contributed by atoms with van der Waals surface area (Å²) in [4.78, 5) is 4.61. The SMILES string of the molecule is c1cc[n+]2c(c1)-n1c3ccccc3c3ccc4c(c31)C21c2c(ccc3c5ccccc5n-4c23)-n2cc(-c3ccc4ncccn34)c[n+]21. The van der Waals surface area contributed by atoms with Crippen molar-refractivity contribution in [1.82, 2.24) is 23.2 Å². The molecule has 10 aromatic rings. The number of hydrogen-bond donors (Lipinski definition) is 0. The third-order valence-electron chi connectivity index (χ3n) is 11.0. The van der Waals surface area contributed by atoms with Crippen molar-refractivity contribution in [3.63, 3.8) is 0 Å². The molecule has 0 fully saturated rings. The molecule has 4 aromatic carbocycles. The van der Waals surface area contributed by atoms with Crippen LogP contribution < -0.4 is 9.25 Å². The first-order chi connectivity index (χ1) is 23.3. The summed E-state index contributed by atoms with van der Waals surface area (Å²) in [5.41, 5.74) is 12.6. The van der Waals surface area contributed by atoms with Gasteiger partial charge in [0.05, 0.1) is 40.4 Å². The third kappa shape index (κ3) is 2.27. The van der Waals surface area contributed by atoms with E-state index in [-0.39, 0.29) is 0 Å². The van der Waals surface area contributed by atoms with Gasteiger partial charge in [-0.05, 0) is 66.7 Å². The molecular formula is C40H23N7+2. The molecule has 7 nitrogen and oxygen atoms in total. The Hall–Kier alpha value is -6.47. The lowest BCUT2D eigenvalue weighted by atomic mass is 9.82. The van der Waals surface area contributed by atoms with E-state index in [1.807, 2.05) is 12.3 Å². The van der Waals surface area contributed by atoms with Gasteiger partial charge >= 0.3 is 5.66 Å². The summed E-state index contributed by atoms with van der Waals surface area (Å²) in [5, 5.41) is 5.10. The highest BCUT2D eigenvalue weighted by Gasteiger charge is 2.68. The summed E-state index contributed by atoms with van der Waals surface area (Å²) < 4.78 is 14.6. The fourth-order valence-electron chi connectivity index (χ4n) is 9.41. The first-order valence-corrected chi connectivity index (χ1v) is 16.1. The van der Waals surface area contributed by atoms with Gasteiger partial charge in [0.15, 0.2) is 5.52 Å². The molecule has 0 radical (unpaired) electrons. The van der Waals surface area contributed by atoms with Gasteiger partial charge in [0.2, 0.25) is 6.20 Å². The molecule has 13 rings (SSSR count). The van der Waals surface area contributed by atoms with Crippen LogP contribution >= 0.6 is 0 Å². The second-order valence-corrected chi connectivity index (χ2v) is 13.0. The molecule has 47 heavy (non-hydrogen) atoms. The number of pyridine rings is 1. The van der Waals surface area contributed by atoms with Crippen LogP contribution in [-0.2, 0) is 5.66 Å². The van der Waals surface area contributed by atoms with Gasteiger partial charge in [-0.3, -0.25) is 0 Å². The van der Waals surface area contributed by atoms with E-state index in [0.717, 1.165) is 22.7 Å². The van der Waals surface area contributed by atoms with E-state index in [4.69, 9.17) is 0 Å². The number of rotatable bonds is 1. The fourth-order valence-corrected chi connectivity index (χ4v) is 9.41. The van der Waals surface area contributed by atoms with E-state index >= 15 is 0 Å². The highest BCUT2D eigenvalue weighted by Crippen LogP contribution is 2.54. The Morgan fingerprint density at radius 2 is 1.34 bits per heavy atom. The van der Waals surface area contributed by atoms with E-state index in [9.17, 15) is 0 Å². The molecule has 0 saturated heterocycles. The van der Waals surface area contributed by atoms with Gasteiger partial charge in [-0.25, -0.2) is 4.98 Å². The van der Waals surface area contributed by atoms with Crippen molar-refractivity contribution in [2.75, 3.05) is 0 Å². The minimum atomic E-state index is -0.668. The first kappa shape index (κ1) is 23.0. The van der Waals surface area contributed by atoms with Crippen LogP contribution in [0.3, 0.4) is 0 Å². The molecule has 1 atom stereocenters. The summed E-state index contributed by atoms with van der Waals surface area (Å²) in [6.07, 6.45) is 10.9. The molecule has 1 unspecified atom stereocenters. The average molecular weight is 602 g/mol. The molecule has 0 bridgehead atoms. The molecule has 0 N–H and O–H groups in total. The quantitative estimate of drug-likeness (QED) is 0.191. The number of benzene rings is 4. The number of nitrogens with zero attached hydrogens (tertiary/aromatic N) is 7. The van der Waals surface area contributed by atoms with Crippen molar-refractivity contribution in [2.24, 2.45) is 0 Å². The summed E-state index contributed by atoms with van der Waals surface area (Å²) in [7, 11) is 0. The average Bonchev–Trinajstić information content (AvgIpc) is 3.93. The molecule has 0 amide bonds. The Kier molecular flexibility index (Phi) is 3.58. The van der Waals surface area contributed by atoms with E-state index in [1.54, 1.807) is 0 Å². The second-order valence-electron chi connectivity index (χ2n) is 13.0. The normalized spacial score (nSPS) is 16.6. The van der Waals surface area contributed by atoms with Crippen LogP contribution in [0.1, 0.15) is 11.1 Å². The van der Waals surface area contributed by atoms with E-state index in [0.29, 0.717) is 0 Å². The molecule has 3 aliphatic rings. The number of fused-ring (bicyclic) bond motifs is 12. The summed E-state index contributed by atoms with van der Waals surface area (Å²) >= 11 is 0. The van der Waals surface area contributed by atoms with Crippen LogP contribution in [0, 0.1) is 0 Å². The zero-order chi connectivity index (χ0) is 30.2. The largest absolute Gasteiger partial charge is 0.394 e. The fraction of sp³-hybridized carbons (Fsp3) is 0.0250. The molecule has 1 spiro atoms. The number of aromatic nitrogens is 7. The molecule has 216 valence electrons. The van der Waals surface area contributed by atoms with E-state index < -0.39 is 5.66 Å². The summed E-state index contributed by atoms with van der Waals surface area (Å²) in [5.74, 6) is 1.15. The Morgan fingerprint density at radius 3 is 2.19 bits per heavy atom. The van der Waals surface area contributed by atoms with Gasteiger partial charge in [0.25, 0.3) is 5.82 Å². The van der Waals surface area contributed by atoms with Crippen LogP contribution in [0.25, 0.3) is 77.7 Å². The predicted molar refractivity (Wildman–Crippen MR) is 181 cm³/mol.